The van der Waals surface area contributed by atoms with E-state index in [0.717, 1.165) is 24.5 Å². The lowest BCUT2D eigenvalue weighted by Crippen LogP contribution is -2.48. The van der Waals surface area contributed by atoms with Gasteiger partial charge in [0.2, 0.25) is 0 Å². The van der Waals surface area contributed by atoms with Crippen molar-refractivity contribution in [3.63, 3.8) is 0 Å². The van der Waals surface area contributed by atoms with Gasteiger partial charge in [0.15, 0.2) is 0 Å². The van der Waals surface area contributed by atoms with E-state index in [4.69, 9.17) is 9.47 Å². The number of nitrogens with zero attached hydrogens (tertiary/aromatic N) is 1. The number of ether oxygens (including phenoxy) is 2. The smallest absolute Gasteiger partial charge is 0.322 e. The fraction of sp³-hybridized carbons (Fsp3) is 0.409. The highest BCUT2D eigenvalue weighted by atomic mass is 16.5. The van der Waals surface area contributed by atoms with E-state index in [0.29, 0.717) is 25.6 Å². The fourth-order valence-corrected chi connectivity index (χ4v) is 3.29. The maximum Gasteiger partial charge on any atom is 0.322 e. The van der Waals surface area contributed by atoms with Crippen molar-refractivity contribution in [1.29, 1.82) is 0 Å². The summed E-state index contributed by atoms with van der Waals surface area (Å²) in [5.74, 6) is 1.42. The van der Waals surface area contributed by atoms with Crippen LogP contribution < -0.4 is 10.1 Å². The monoisotopic (exact) mass is 366 g/mol. The average Bonchev–Trinajstić information content (AvgIpc) is 3.53. The summed E-state index contributed by atoms with van der Waals surface area (Å²) in [6, 6.07) is 17.8. The first kappa shape index (κ1) is 17.9. The molecular formula is C22H26N2O3. The van der Waals surface area contributed by atoms with Crippen LogP contribution >= 0.6 is 0 Å². The van der Waals surface area contributed by atoms with Gasteiger partial charge in [0.1, 0.15) is 5.75 Å². The summed E-state index contributed by atoms with van der Waals surface area (Å²) in [6.45, 7) is 2.47. The Balaban J connectivity index is 1.35. The van der Waals surface area contributed by atoms with Crippen LogP contribution in [-0.2, 0) is 11.2 Å². The second-order valence-corrected chi connectivity index (χ2v) is 7.31. The molecule has 142 valence electrons. The van der Waals surface area contributed by atoms with Crippen LogP contribution in [-0.4, -0.2) is 43.3 Å². The summed E-state index contributed by atoms with van der Waals surface area (Å²) in [5.41, 5.74) is 1.96. The van der Waals surface area contributed by atoms with Crippen molar-refractivity contribution in [1.82, 2.24) is 4.90 Å². The van der Waals surface area contributed by atoms with Crippen LogP contribution in [0.15, 0.2) is 54.6 Å². The lowest BCUT2D eigenvalue weighted by atomic mass is 10.1. The van der Waals surface area contributed by atoms with Crippen molar-refractivity contribution in [2.75, 3.05) is 31.6 Å². The van der Waals surface area contributed by atoms with Crippen LogP contribution in [0.1, 0.15) is 18.4 Å². The van der Waals surface area contributed by atoms with Crippen LogP contribution in [0.25, 0.3) is 0 Å². The zero-order chi connectivity index (χ0) is 18.5. The molecule has 2 fully saturated rings. The summed E-state index contributed by atoms with van der Waals surface area (Å²) >= 11 is 0. The molecule has 1 aliphatic carbocycles. The van der Waals surface area contributed by atoms with Gasteiger partial charge in [0.05, 0.1) is 25.0 Å². The van der Waals surface area contributed by atoms with Gasteiger partial charge >= 0.3 is 6.03 Å². The molecule has 0 radical (unpaired) electrons. The largest absolute Gasteiger partial charge is 0.491 e. The zero-order valence-electron chi connectivity index (χ0n) is 15.5. The van der Waals surface area contributed by atoms with Crippen LogP contribution in [0.2, 0.25) is 0 Å². The van der Waals surface area contributed by atoms with Gasteiger partial charge in [0.25, 0.3) is 0 Å². The number of hydrogen-bond donors (Lipinski definition) is 1. The van der Waals surface area contributed by atoms with Crippen molar-refractivity contribution in [2.45, 2.75) is 25.4 Å². The average molecular weight is 366 g/mol. The van der Waals surface area contributed by atoms with E-state index < -0.39 is 0 Å². The Kier molecular flexibility index (Phi) is 5.58. The molecule has 0 unspecified atom stereocenters. The zero-order valence-corrected chi connectivity index (χ0v) is 15.5. The minimum absolute atomic E-state index is 0.0215. The molecule has 1 saturated carbocycles. The third-order valence-corrected chi connectivity index (χ3v) is 5.03. The normalized spacial score (nSPS) is 19.6. The predicted octanol–water partition coefficient (Wildman–Crippen LogP) is 3.95. The third kappa shape index (κ3) is 5.01. The third-order valence-electron chi connectivity index (χ3n) is 5.03. The number of carbonyl (C=O) groups is 1. The topological polar surface area (TPSA) is 50.8 Å². The van der Waals surface area contributed by atoms with E-state index in [2.05, 4.69) is 17.4 Å². The van der Waals surface area contributed by atoms with Crippen LogP contribution in [0.4, 0.5) is 10.5 Å². The van der Waals surface area contributed by atoms with Gasteiger partial charge in [-0.1, -0.05) is 42.5 Å². The highest BCUT2D eigenvalue weighted by Crippen LogP contribution is 2.31. The number of nitrogens with one attached hydrogen (secondary N) is 1. The molecular weight excluding hydrogens is 340 g/mol. The predicted molar refractivity (Wildman–Crippen MR) is 105 cm³/mol. The molecule has 2 amide bonds. The molecule has 1 saturated heterocycles. The van der Waals surface area contributed by atoms with E-state index in [9.17, 15) is 4.79 Å². The number of rotatable bonds is 6. The van der Waals surface area contributed by atoms with E-state index >= 15 is 0 Å². The van der Waals surface area contributed by atoms with Gasteiger partial charge in [-0.25, -0.2) is 4.79 Å². The Hall–Kier alpha value is -2.53. The van der Waals surface area contributed by atoms with Gasteiger partial charge in [0, 0.05) is 19.5 Å². The molecule has 0 aromatic heterocycles. The summed E-state index contributed by atoms with van der Waals surface area (Å²) in [6.07, 6.45) is 3.32. The SMILES string of the molecule is O=C(Nc1ccccc1OCC1CC1)N1CCO[C@@H](Cc2ccccc2)C1. The first-order valence-corrected chi connectivity index (χ1v) is 9.71. The molecule has 4 rings (SSSR count). The maximum atomic E-state index is 12.8. The highest BCUT2D eigenvalue weighted by molar-refractivity contribution is 5.91. The summed E-state index contributed by atoms with van der Waals surface area (Å²) in [5, 5.41) is 3.02. The maximum absolute atomic E-state index is 12.8. The van der Waals surface area contributed by atoms with Crippen molar-refractivity contribution in [3.05, 3.63) is 60.2 Å². The van der Waals surface area contributed by atoms with Crippen molar-refractivity contribution < 1.29 is 14.3 Å². The Bertz CT molecular complexity index is 761. The molecule has 1 heterocycles. The molecule has 1 N–H and O–H groups in total. The van der Waals surface area contributed by atoms with Gasteiger partial charge in [-0.3, -0.25) is 0 Å². The molecule has 2 aliphatic rings. The number of carbonyl (C=O) groups excluding carboxylic acids is 1. The minimum Gasteiger partial charge on any atom is -0.491 e. The van der Waals surface area contributed by atoms with Crippen molar-refractivity contribution >= 4 is 11.7 Å². The first-order valence-electron chi connectivity index (χ1n) is 9.71. The lowest BCUT2D eigenvalue weighted by molar-refractivity contribution is -0.0113. The van der Waals surface area contributed by atoms with Crippen LogP contribution in [0.5, 0.6) is 5.75 Å². The van der Waals surface area contributed by atoms with E-state index in [1.807, 2.05) is 47.4 Å². The number of anilines is 1. The quantitative estimate of drug-likeness (QED) is 0.842. The number of benzene rings is 2. The van der Waals surface area contributed by atoms with Gasteiger partial charge < -0.3 is 19.7 Å². The highest BCUT2D eigenvalue weighted by Gasteiger charge is 2.26. The molecule has 5 heteroatoms. The first-order chi connectivity index (χ1) is 13.3. The second kappa shape index (κ2) is 8.44. The van der Waals surface area contributed by atoms with Gasteiger partial charge in [-0.15, -0.1) is 0 Å². The Morgan fingerprint density at radius 1 is 1.11 bits per heavy atom. The van der Waals surface area contributed by atoms with Crippen molar-refractivity contribution in [2.24, 2.45) is 5.92 Å². The molecule has 1 aliphatic heterocycles. The van der Waals surface area contributed by atoms with E-state index in [1.54, 1.807) is 0 Å². The number of urea groups is 1. The Morgan fingerprint density at radius 3 is 2.70 bits per heavy atom. The van der Waals surface area contributed by atoms with Crippen molar-refractivity contribution in [3.8, 4) is 5.75 Å². The van der Waals surface area contributed by atoms with Crippen LogP contribution in [0.3, 0.4) is 0 Å². The van der Waals surface area contributed by atoms with Gasteiger partial charge in [-0.2, -0.15) is 0 Å². The molecule has 0 bridgehead atoms. The number of hydrogen-bond acceptors (Lipinski definition) is 3. The molecule has 1 atom stereocenters. The molecule has 5 nitrogen and oxygen atoms in total. The number of amides is 2. The number of para-hydroxylation sites is 2. The van der Waals surface area contributed by atoms with Crippen LogP contribution in [0, 0.1) is 5.92 Å². The molecule has 2 aromatic carbocycles. The Labute approximate surface area is 160 Å². The van der Waals surface area contributed by atoms with E-state index in [1.165, 1.54) is 18.4 Å². The molecule has 27 heavy (non-hydrogen) atoms. The molecule has 0 spiro atoms. The summed E-state index contributed by atoms with van der Waals surface area (Å²) in [7, 11) is 0. The number of morpholine rings is 1. The Morgan fingerprint density at radius 2 is 1.89 bits per heavy atom. The molecule has 2 aromatic rings. The standard InChI is InChI=1S/C22H26N2O3/c25-22(23-20-8-4-5-9-21(20)27-16-18-10-11-18)24-12-13-26-19(15-24)14-17-6-2-1-3-7-17/h1-9,18-19H,10-16H2,(H,23,25)/t19-/m0/s1. The summed E-state index contributed by atoms with van der Waals surface area (Å²) < 4.78 is 11.8. The van der Waals surface area contributed by atoms with Gasteiger partial charge in [-0.05, 0) is 36.5 Å². The lowest BCUT2D eigenvalue weighted by Gasteiger charge is -2.33. The van der Waals surface area contributed by atoms with E-state index in [-0.39, 0.29) is 12.1 Å². The fourth-order valence-electron chi connectivity index (χ4n) is 3.29. The summed E-state index contributed by atoms with van der Waals surface area (Å²) in [4.78, 5) is 14.6. The minimum atomic E-state index is -0.0983. The second-order valence-electron chi connectivity index (χ2n) is 7.31.